The standard InChI is InChI=1S/C8H5F2N3O2/c1-3-2-13-5(10)4(9)7(15)12-8(13)11-6(3)14/h2H,1H3,(H,11,12,14,15). The molecule has 0 aromatic carbocycles. The van der Waals surface area contributed by atoms with E-state index in [1.165, 1.54) is 6.92 Å². The van der Waals surface area contributed by atoms with Crippen molar-refractivity contribution in [3.63, 3.8) is 0 Å². The van der Waals surface area contributed by atoms with Gasteiger partial charge in [-0.2, -0.15) is 13.8 Å². The van der Waals surface area contributed by atoms with Crippen molar-refractivity contribution in [2.24, 2.45) is 0 Å². The molecule has 7 heteroatoms. The van der Waals surface area contributed by atoms with E-state index in [1.54, 1.807) is 0 Å². The predicted molar refractivity (Wildman–Crippen MR) is 46.7 cm³/mol. The lowest BCUT2D eigenvalue weighted by atomic mass is 10.4. The van der Waals surface area contributed by atoms with Crippen LogP contribution in [-0.4, -0.2) is 14.4 Å². The summed E-state index contributed by atoms with van der Waals surface area (Å²) in [5.41, 5.74) is -1.70. The Morgan fingerprint density at radius 3 is 2.73 bits per heavy atom. The normalized spacial score (nSPS) is 10.9. The van der Waals surface area contributed by atoms with Gasteiger partial charge in [-0.1, -0.05) is 0 Å². The third-order valence-corrected chi connectivity index (χ3v) is 1.91. The Hall–Kier alpha value is -2.05. The number of nitrogens with zero attached hydrogens (tertiary/aromatic N) is 2. The molecular formula is C8H5F2N3O2. The van der Waals surface area contributed by atoms with Gasteiger partial charge in [-0.3, -0.25) is 19.0 Å². The molecule has 5 nitrogen and oxygen atoms in total. The number of aromatic amines is 1. The van der Waals surface area contributed by atoms with Crippen molar-refractivity contribution in [2.75, 3.05) is 0 Å². The van der Waals surface area contributed by atoms with Crippen molar-refractivity contribution in [2.45, 2.75) is 6.92 Å². The maximum Gasteiger partial charge on any atom is 0.291 e. The maximum atomic E-state index is 13.2. The molecule has 0 amide bonds. The third kappa shape index (κ3) is 1.32. The van der Waals surface area contributed by atoms with Crippen LogP contribution < -0.4 is 11.1 Å². The first-order chi connectivity index (χ1) is 7.00. The lowest BCUT2D eigenvalue weighted by molar-refractivity contribution is 0.454. The smallest absolute Gasteiger partial charge is 0.289 e. The van der Waals surface area contributed by atoms with Crippen molar-refractivity contribution < 1.29 is 8.78 Å². The number of aryl methyl sites for hydroxylation is 1. The van der Waals surface area contributed by atoms with E-state index in [0.717, 1.165) is 6.20 Å². The first-order valence-corrected chi connectivity index (χ1v) is 3.98. The van der Waals surface area contributed by atoms with Gasteiger partial charge in [-0.05, 0) is 6.92 Å². The molecule has 1 N–H and O–H groups in total. The Balaban J connectivity index is 3.06. The number of H-pyrrole nitrogens is 1. The fraction of sp³-hybridized carbons (Fsp3) is 0.125. The van der Waals surface area contributed by atoms with Crippen LogP contribution in [-0.2, 0) is 0 Å². The van der Waals surface area contributed by atoms with Crippen molar-refractivity contribution in [3.05, 3.63) is 44.2 Å². The third-order valence-electron chi connectivity index (χ3n) is 1.91. The molecule has 2 heterocycles. The zero-order chi connectivity index (χ0) is 11.2. The summed E-state index contributed by atoms with van der Waals surface area (Å²) in [4.78, 5) is 27.2. The van der Waals surface area contributed by atoms with Gasteiger partial charge in [0.05, 0.1) is 0 Å². The molecule has 2 aromatic heterocycles. The molecule has 0 saturated carbocycles. The highest BCUT2D eigenvalue weighted by Gasteiger charge is 2.12. The molecule has 0 saturated heterocycles. The maximum absolute atomic E-state index is 13.2. The van der Waals surface area contributed by atoms with Crippen LogP contribution in [0.2, 0.25) is 0 Å². The van der Waals surface area contributed by atoms with Crippen molar-refractivity contribution in [3.8, 4) is 0 Å². The summed E-state index contributed by atoms with van der Waals surface area (Å²) in [5.74, 6) is -3.23. The van der Waals surface area contributed by atoms with Crippen molar-refractivity contribution in [1.82, 2.24) is 14.4 Å². The predicted octanol–water partition coefficient (Wildman–Crippen LogP) is -0.0306. The van der Waals surface area contributed by atoms with Crippen LogP contribution in [0, 0.1) is 18.7 Å². The van der Waals surface area contributed by atoms with E-state index < -0.39 is 22.9 Å². The van der Waals surface area contributed by atoms with E-state index in [4.69, 9.17) is 0 Å². The topological polar surface area (TPSA) is 67.2 Å². The molecule has 15 heavy (non-hydrogen) atoms. The summed E-state index contributed by atoms with van der Waals surface area (Å²) in [6, 6.07) is 0. The number of halogens is 2. The molecule has 0 aliphatic rings. The second-order valence-corrected chi connectivity index (χ2v) is 2.98. The highest BCUT2D eigenvalue weighted by molar-refractivity contribution is 5.28. The van der Waals surface area contributed by atoms with Crippen LogP contribution in [0.3, 0.4) is 0 Å². The Kier molecular flexibility index (Phi) is 1.88. The van der Waals surface area contributed by atoms with Crippen LogP contribution in [0.5, 0.6) is 0 Å². The van der Waals surface area contributed by atoms with Gasteiger partial charge in [0.1, 0.15) is 0 Å². The van der Waals surface area contributed by atoms with Crippen LogP contribution >= 0.6 is 0 Å². The zero-order valence-corrected chi connectivity index (χ0v) is 7.54. The fourth-order valence-corrected chi connectivity index (χ4v) is 1.14. The lowest BCUT2D eigenvalue weighted by Crippen LogP contribution is -2.22. The number of aromatic nitrogens is 3. The second-order valence-electron chi connectivity index (χ2n) is 2.98. The molecule has 0 radical (unpaired) electrons. The molecule has 2 aromatic rings. The second kappa shape index (κ2) is 2.97. The van der Waals surface area contributed by atoms with Crippen molar-refractivity contribution >= 4 is 5.78 Å². The molecule has 0 bridgehead atoms. The van der Waals surface area contributed by atoms with Crippen LogP contribution in [0.4, 0.5) is 8.78 Å². The molecule has 0 aliphatic heterocycles. The lowest BCUT2D eigenvalue weighted by Gasteiger charge is -2.02. The van der Waals surface area contributed by atoms with Crippen molar-refractivity contribution in [1.29, 1.82) is 0 Å². The van der Waals surface area contributed by atoms with E-state index in [1.807, 2.05) is 4.98 Å². The van der Waals surface area contributed by atoms with Crippen LogP contribution in [0.15, 0.2) is 15.8 Å². The monoisotopic (exact) mass is 213 g/mol. The van der Waals surface area contributed by atoms with Gasteiger partial charge in [0, 0.05) is 11.8 Å². The minimum Gasteiger partial charge on any atom is -0.289 e. The molecule has 0 spiro atoms. The van der Waals surface area contributed by atoms with E-state index in [9.17, 15) is 18.4 Å². The van der Waals surface area contributed by atoms with Gasteiger partial charge in [0.25, 0.3) is 11.1 Å². The molecule has 0 fully saturated rings. The zero-order valence-electron chi connectivity index (χ0n) is 7.54. The van der Waals surface area contributed by atoms with Gasteiger partial charge in [-0.15, -0.1) is 0 Å². The summed E-state index contributed by atoms with van der Waals surface area (Å²) in [6.07, 6.45) is 1.07. The average Bonchev–Trinajstić information content (AvgIpc) is 2.19. The quantitative estimate of drug-likeness (QED) is 0.625. The van der Waals surface area contributed by atoms with Gasteiger partial charge in [0.15, 0.2) is 0 Å². The summed E-state index contributed by atoms with van der Waals surface area (Å²) < 4.78 is 26.7. The highest BCUT2D eigenvalue weighted by atomic mass is 19.2. The van der Waals surface area contributed by atoms with Crippen LogP contribution in [0.1, 0.15) is 5.56 Å². The first-order valence-electron chi connectivity index (χ1n) is 3.98. The molecule has 0 atom stereocenters. The van der Waals surface area contributed by atoms with Crippen LogP contribution in [0.25, 0.3) is 5.78 Å². The fourth-order valence-electron chi connectivity index (χ4n) is 1.14. The number of fused-ring (bicyclic) bond motifs is 1. The Morgan fingerprint density at radius 2 is 2.07 bits per heavy atom. The minimum absolute atomic E-state index is 0.151. The summed E-state index contributed by atoms with van der Waals surface area (Å²) >= 11 is 0. The van der Waals surface area contributed by atoms with E-state index >= 15 is 0 Å². The highest BCUT2D eigenvalue weighted by Crippen LogP contribution is 2.01. The summed E-state index contributed by atoms with van der Waals surface area (Å²) in [6.45, 7) is 1.41. The SMILES string of the molecule is Cc1cn2c(F)c(F)c(=O)[nH]c2nc1=O. The van der Waals surface area contributed by atoms with Gasteiger partial charge >= 0.3 is 0 Å². The molecular weight excluding hydrogens is 208 g/mol. The largest absolute Gasteiger partial charge is 0.291 e. The van der Waals surface area contributed by atoms with Gasteiger partial charge < -0.3 is 0 Å². The minimum atomic E-state index is -1.53. The van der Waals surface area contributed by atoms with Gasteiger partial charge in [-0.25, -0.2) is 0 Å². The molecule has 0 unspecified atom stereocenters. The number of hydrogen-bond acceptors (Lipinski definition) is 3. The first kappa shape index (κ1) is 9.50. The molecule has 0 aliphatic carbocycles. The molecule has 78 valence electrons. The number of hydrogen-bond donors (Lipinski definition) is 1. The number of nitrogens with one attached hydrogen (secondary N) is 1. The Bertz CT molecular complexity index is 654. The van der Waals surface area contributed by atoms with E-state index in [0.29, 0.717) is 4.40 Å². The van der Waals surface area contributed by atoms with Gasteiger partial charge in [0.2, 0.25) is 17.5 Å². The Morgan fingerprint density at radius 1 is 1.40 bits per heavy atom. The summed E-state index contributed by atoms with van der Waals surface area (Å²) in [5, 5.41) is 0. The number of rotatable bonds is 0. The molecule has 2 rings (SSSR count). The Labute approximate surface area is 81.0 Å². The average molecular weight is 213 g/mol. The summed E-state index contributed by atoms with van der Waals surface area (Å²) in [7, 11) is 0. The van der Waals surface area contributed by atoms with E-state index in [2.05, 4.69) is 4.98 Å². The van der Waals surface area contributed by atoms with E-state index in [-0.39, 0.29) is 11.3 Å².